The van der Waals surface area contributed by atoms with Crippen LogP contribution in [-0.4, -0.2) is 48.4 Å². The fourth-order valence-electron chi connectivity index (χ4n) is 3.16. The number of nitrogens with zero attached hydrogens (tertiary/aromatic N) is 4. The van der Waals surface area contributed by atoms with Crippen molar-refractivity contribution in [3.63, 3.8) is 0 Å². The van der Waals surface area contributed by atoms with Crippen molar-refractivity contribution in [1.29, 1.82) is 0 Å². The third-order valence-corrected chi connectivity index (χ3v) is 16.2. The van der Waals surface area contributed by atoms with Crippen LogP contribution in [-0.2, 0) is 13.6 Å². The molecule has 8 nitrogen and oxygen atoms in total. The van der Waals surface area contributed by atoms with Crippen molar-refractivity contribution < 1.29 is 13.6 Å². The molecule has 1 saturated heterocycles. The average Bonchev–Trinajstić information content (AvgIpc) is 3.16. The molecule has 0 amide bonds. The van der Waals surface area contributed by atoms with Crippen molar-refractivity contribution in [3.05, 3.63) is 25.0 Å². The van der Waals surface area contributed by atoms with Crippen LogP contribution in [0.1, 0.15) is 47.8 Å². The molecule has 3 rings (SSSR count). The lowest BCUT2D eigenvalue weighted by Crippen LogP contribution is -2.52. The van der Waals surface area contributed by atoms with E-state index in [2.05, 4.69) is 89.3 Å². The van der Waals surface area contributed by atoms with E-state index >= 15 is 0 Å². The van der Waals surface area contributed by atoms with Crippen molar-refractivity contribution in [1.82, 2.24) is 19.5 Å². The number of hydrogen-bond acceptors (Lipinski definition) is 7. The second-order valence-corrected chi connectivity index (χ2v) is 21.2. The Hall–Kier alpha value is -1.76. The second kappa shape index (κ2) is 7.93. The molecule has 3 heterocycles. The summed E-state index contributed by atoms with van der Waals surface area (Å²) < 4.78 is 22.0. The van der Waals surface area contributed by atoms with Gasteiger partial charge >= 0.3 is 0 Å². The van der Waals surface area contributed by atoms with Gasteiger partial charge in [-0.1, -0.05) is 48.1 Å². The average molecular weight is 478 g/mol. The first-order valence-electron chi connectivity index (χ1n) is 11.1. The normalized spacial score (nSPS) is 23.1. The Morgan fingerprint density at radius 1 is 0.969 bits per heavy atom. The van der Waals surface area contributed by atoms with E-state index in [1.807, 2.05) is 4.57 Å². The summed E-state index contributed by atoms with van der Waals surface area (Å²) in [7, 11) is -4.30. The van der Waals surface area contributed by atoms with Crippen LogP contribution in [0, 0.1) is 0 Å². The van der Waals surface area contributed by atoms with E-state index in [1.165, 1.54) is 6.33 Å². The van der Waals surface area contributed by atoms with Crippen LogP contribution in [0.15, 0.2) is 25.0 Å². The van der Waals surface area contributed by atoms with Crippen molar-refractivity contribution >= 4 is 33.6 Å². The summed E-state index contributed by atoms with van der Waals surface area (Å²) in [6.45, 7) is 26.5. The molecule has 1 fully saturated rings. The van der Waals surface area contributed by atoms with Crippen LogP contribution < -0.4 is 5.73 Å². The summed E-state index contributed by atoms with van der Waals surface area (Å²) in [6, 6.07) is 0. The topological polar surface area (TPSA) is 97.3 Å². The quantitative estimate of drug-likeness (QED) is 0.589. The number of ether oxygens (including phenoxy) is 1. The highest BCUT2D eigenvalue weighted by Crippen LogP contribution is 2.46. The summed E-state index contributed by atoms with van der Waals surface area (Å²) in [5, 5.41) is 0.0584. The number of imidazole rings is 1. The summed E-state index contributed by atoms with van der Waals surface area (Å²) in [6.07, 6.45) is 1.85. The van der Waals surface area contributed by atoms with E-state index in [9.17, 15) is 0 Å². The maximum atomic E-state index is 6.95. The molecule has 2 N–H and O–H groups in total. The molecule has 1 aliphatic heterocycles. The second-order valence-electron chi connectivity index (χ2n) is 11.7. The van der Waals surface area contributed by atoms with Gasteiger partial charge in [0.05, 0.1) is 0 Å². The molecule has 3 atom stereocenters. The molecule has 0 spiro atoms. The smallest absolute Gasteiger partial charge is 0.206 e. The van der Waals surface area contributed by atoms with E-state index in [0.717, 1.165) is 0 Å². The first kappa shape index (κ1) is 24.9. The number of fused-ring (bicyclic) bond motifs is 1. The van der Waals surface area contributed by atoms with Gasteiger partial charge in [-0.2, -0.15) is 0 Å². The molecule has 10 heteroatoms. The number of anilines is 1. The highest BCUT2D eigenvalue weighted by Gasteiger charge is 2.52. The van der Waals surface area contributed by atoms with Crippen molar-refractivity contribution in [2.45, 2.75) is 96.2 Å². The lowest BCUT2D eigenvalue weighted by Gasteiger charge is -2.43. The van der Waals surface area contributed by atoms with Crippen LogP contribution in [0.25, 0.3) is 11.2 Å². The first-order chi connectivity index (χ1) is 14.5. The van der Waals surface area contributed by atoms with Gasteiger partial charge in [0.25, 0.3) is 0 Å². The van der Waals surface area contributed by atoms with Gasteiger partial charge in [0.1, 0.15) is 36.1 Å². The largest absolute Gasteiger partial charge is 0.469 e. The van der Waals surface area contributed by atoms with Crippen molar-refractivity contribution in [2.75, 3.05) is 5.73 Å². The predicted molar refractivity (Wildman–Crippen MR) is 133 cm³/mol. The molecule has 2 aromatic rings. The molecule has 0 bridgehead atoms. The van der Waals surface area contributed by atoms with E-state index in [1.54, 1.807) is 6.33 Å². The van der Waals surface area contributed by atoms with Gasteiger partial charge in [0, 0.05) is 0 Å². The minimum atomic E-state index is -2.17. The molecule has 2 aromatic heterocycles. The van der Waals surface area contributed by atoms with E-state index < -0.39 is 22.9 Å². The van der Waals surface area contributed by atoms with Crippen LogP contribution in [0.3, 0.4) is 0 Å². The maximum absolute atomic E-state index is 6.95. The van der Waals surface area contributed by atoms with Crippen LogP contribution in [0.4, 0.5) is 5.82 Å². The predicted octanol–water partition coefficient (Wildman–Crippen LogP) is 5.23. The Morgan fingerprint density at radius 2 is 1.53 bits per heavy atom. The molecule has 0 unspecified atom stereocenters. The fourth-order valence-corrected chi connectivity index (χ4v) is 5.69. The lowest BCUT2D eigenvalue weighted by molar-refractivity contribution is -0.00170. The monoisotopic (exact) mass is 477 g/mol. The zero-order valence-electron chi connectivity index (χ0n) is 21.2. The number of nitrogens with two attached hydrogens (primary N) is 1. The van der Waals surface area contributed by atoms with Gasteiger partial charge in [-0.3, -0.25) is 4.57 Å². The standard InChI is InChI=1S/C22H39N5O3Si2/c1-14-16(29-31(8,9)21(2,3)4)17(30-32(10,11)22(5,6)7)20(28-14)27-13-26-15-18(23)24-12-25-19(15)27/h12-13,16-17,20H,1H2,2-11H3,(H2,23,24,25)/t16-,17-,20-/m1/s1. The Labute approximate surface area is 193 Å². The summed E-state index contributed by atoms with van der Waals surface area (Å²) in [5.74, 6) is 0.911. The van der Waals surface area contributed by atoms with Crippen molar-refractivity contribution in [2.24, 2.45) is 0 Å². The van der Waals surface area contributed by atoms with Gasteiger partial charge < -0.3 is 19.3 Å². The molecular weight excluding hydrogens is 438 g/mol. The Bertz CT molecular complexity index is 1010. The molecule has 0 aromatic carbocycles. The van der Waals surface area contributed by atoms with Gasteiger partial charge in [-0.05, 0) is 36.3 Å². The zero-order valence-corrected chi connectivity index (χ0v) is 23.2. The third-order valence-electron chi connectivity index (χ3n) is 7.29. The zero-order chi connectivity index (χ0) is 24.3. The first-order valence-corrected chi connectivity index (χ1v) is 16.9. The highest BCUT2D eigenvalue weighted by atomic mass is 28.4. The van der Waals surface area contributed by atoms with Crippen LogP contribution >= 0.6 is 0 Å². The molecule has 32 heavy (non-hydrogen) atoms. The number of hydrogen-bond donors (Lipinski definition) is 1. The Balaban J connectivity index is 2.08. The van der Waals surface area contributed by atoms with E-state index in [-0.39, 0.29) is 22.3 Å². The molecule has 1 aliphatic rings. The fraction of sp³-hybridized carbons (Fsp3) is 0.682. The van der Waals surface area contributed by atoms with Crippen molar-refractivity contribution in [3.8, 4) is 0 Å². The van der Waals surface area contributed by atoms with Crippen LogP contribution in [0.5, 0.6) is 0 Å². The minimum Gasteiger partial charge on any atom is -0.469 e. The van der Waals surface area contributed by atoms with E-state index in [4.69, 9.17) is 19.3 Å². The molecule has 0 aliphatic carbocycles. The SMILES string of the molecule is C=C1O[C@@H](n2cnc3c(N)ncnc32)[C@H](O[Si](C)(C)C(C)(C)C)[C@@H]1O[Si](C)(C)C(C)(C)C. The molecule has 0 radical (unpaired) electrons. The van der Waals surface area contributed by atoms with E-state index in [0.29, 0.717) is 22.7 Å². The molecular formula is C22H39N5O3Si2. The Morgan fingerprint density at radius 3 is 2.09 bits per heavy atom. The van der Waals surface area contributed by atoms with Gasteiger partial charge in [0.2, 0.25) is 6.23 Å². The summed E-state index contributed by atoms with van der Waals surface area (Å²) in [4.78, 5) is 12.9. The van der Waals surface area contributed by atoms with Gasteiger partial charge in [0.15, 0.2) is 28.1 Å². The number of aromatic nitrogens is 4. The lowest BCUT2D eigenvalue weighted by atomic mass is 10.2. The highest BCUT2D eigenvalue weighted by molar-refractivity contribution is 6.74. The van der Waals surface area contributed by atoms with Crippen LogP contribution in [0.2, 0.25) is 36.3 Å². The Kier molecular flexibility index (Phi) is 6.16. The third kappa shape index (κ3) is 4.37. The number of rotatable bonds is 5. The molecule has 0 saturated carbocycles. The summed E-state index contributed by atoms with van der Waals surface area (Å²) in [5.41, 5.74) is 7.17. The summed E-state index contributed by atoms with van der Waals surface area (Å²) >= 11 is 0. The maximum Gasteiger partial charge on any atom is 0.206 e. The van der Waals surface area contributed by atoms with Gasteiger partial charge in [-0.15, -0.1) is 0 Å². The number of nitrogen functional groups attached to an aromatic ring is 1. The molecule has 178 valence electrons. The minimum absolute atomic E-state index is 0.0204. The van der Waals surface area contributed by atoms with Gasteiger partial charge in [-0.25, -0.2) is 15.0 Å².